The van der Waals surface area contributed by atoms with Crippen molar-refractivity contribution in [3.05, 3.63) is 0 Å². The summed E-state index contributed by atoms with van der Waals surface area (Å²) in [7, 11) is 1.31. The van der Waals surface area contributed by atoms with Crippen LogP contribution in [-0.4, -0.2) is 48.1 Å². The first-order valence-corrected chi connectivity index (χ1v) is 5.84. The maximum absolute atomic E-state index is 11.1. The number of carbonyl (C=O) groups is 3. The highest BCUT2D eigenvalue weighted by Gasteiger charge is 2.04. The van der Waals surface area contributed by atoms with Gasteiger partial charge in [-0.2, -0.15) is 0 Å². The van der Waals surface area contributed by atoms with E-state index in [-0.39, 0.29) is 29.8 Å². The van der Waals surface area contributed by atoms with Gasteiger partial charge in [0.1, 0.15) is 0 Å². The van der Waals surface area contributed by atoms with Crippen molar-refractivity contribution >= 4 is 29.6 Å². The van der Waals surface area contributed by atoms with Crippen LogP contribution in [0, 0.1) is 0 Å². The lowest BCUT2D eigenvalue weighted by atomic mass is 10.3. The first-order valence-electron chi connectivity index (χ1n) is 4.69. The number of carboxylic acids is 1. The Kier molecular flexibility index (Phi) is 8.32. The summed E-state index contributed by atoms with van der Waals surface area (Å²) in [5.74, 6) is -1.45. The molecule has 0 aliphatic rings. The van der Waals surface area contributed by atoms with E-state index < -0.39 is 5.97 Å². The van der Waals surface area contributed by atoms with Crippen LogP contribution in [0.25, 0.3) is 0 Å². The zero-order valence-corrected chi connectivity index (χ0v) is 9.84. The van der Waals surface area contributed by atoms with Crippen LogP contribution in [0.5, 0.6) is 0 Å². The molecule has 0 bridgehead atoms. The number of esters is 1. The zero-order chi connectivity index (χ0) is 12.4. The molecule has 0 aliphatic heterocycles. The Balaban J connectivity index is 3.37. The van der Waals surface area contributed by atoms with E-state index in [1.807, 2.05) is 0 Å². The van der Waals surface area contributed by atoms with Crippen LogP contribution < -0.4 is 5.32 Å². The van der Waals surface area contributed by atoms with Crippen molar-refractivity contribution in [1.82, 2.24) is 5.32 Å². The molecule has 0 heterocycles. The third-order valence-corrected chi connectivity index (χ3v) is 2.48. The summed E-state index contributed by atoms with van der Waals surface area (Å²) in [6.07, 6.45) is 0.779. The molecule has 0 fully saturated rings. The second kappa shape index (κ2) is 9.02. The molecule has 0 atom stereocenters. The second-order valence-electron chi connectivity index (χ2n) is 2.92. The van der Waals surface area contributed by atoms with Gasteiger partial charge in [-0.05, 0) is 6.42 Å². The minimum absolute atomic E-state index is 0.0877. The first-order chi connectivity index (χ1) is 7.56. The monoisotopic (exact) mass is 249 g/mol. The molecule has 6 nitrogen and oxygen atoms in total. The predicted octanol–water partition coefficient (Wildman–Crippen LogP) is -0.126. The lowest BCUT2D eigenvalue weighted by molar-refractivity contribution is -0.140. The number of rotatable bonds is 8. The summed E-state index contributed by atoms with van der Waals surface area (Å²) >= 11 is 1.04. The van der Waals surface area contributed by atoms with Crippen LogP contribution in [0.4, 0.5) is 0 Å². The highest BCUT2D eigenvalue weighted by Crippen LogP contribution is 1.98. The zero-order valence-electron chi connectivity index (χ0n) is 9.02. The van der Waals surface area contributed by atoms with Gasteiger partial charge in [0.15, 0.2) is 0 Å². The number of hydrogen-bond acceptors (Lipinski definition) is 5. The van der Waals surface area contributed by atoms with Gasteiger partial charge in [0.2, 0.25) is 5.91 Å². The topological polar surface area (TPSA) is 92.7 Å². The number of carboxylic acid groups (broad SMARTS) is 1. The van der Waals surface area contributed by atoms with Crippen molar-refractivity contribution < 1.29 is 24.2 Å². The number of carbonyl (C=O) groups excluding carboxylic acids is 2. The van der Waals surface area contributed by atoms with E-state index in [9.17, 15) is 14.4 Å². The van der Waals surface area contributed by atoms with E-state index >= 15 is 0 Å². The van der Waals surface area contributed by atoms with E-state index in [1.165, 1.54) is 7.11 Å². The molecule has 2 N–H and O–H groups in total. The van der Waals surface area contributed by atoms with Crippen LogP contribution in [0.15, 0.2) is 0 Å². The van der Waals surface area contributed by atoms with Gasteiger partial charge in [-0.25, -0.2) is 0 Å². The average molecular weight is 249 g/mol. The molecule has 0 unspecified atom stereocenters. The fourth-order valence-corrected chi connectivity index (χ4v) is 1.41. The molecule has 0 aromatic rings. The van der Waals surface area contributed by atoms with Crippen LogP contribution in [-0.2, 0) is 19.1 Å². The number of methoxy groups -OCH3 is 1. The average Bonchev–Trinajstić information content (AvgIpc) is 2.23. The summed E-state index contributed by atoms with van der Waals surface area (Å²) in [6, 6.07) is 0. The van der Waals surface area contributed by atoms with Crippen LogP contribution in [0.2, 0.25) is 0 Å². The quantitative estimate of drug-likeness (QED) is 0.460. The van der Waals surface area contributed by atoms with Gasteiger partial charge in [-0.15, -0.1) is 11.8 Å². The molecule has 0 saturated carbocycles. The molecular formula is C9H15NO5S. The van der Waals surface area contributed by atoms with Gasteiger partial charge in [0, 0.05) is 13.0 Å². The standard InChI is InChI=1S/C9H15NO5S/c1-15-9(14)3-2-4-10-7(11)5-16-6-8(12)13/h2-6H2,1H3,(H,10,11)(H,12,13). The Morgan fingerprint density at radius 2 is 2.00 bits per heavy atom. The van der Waals surface area contributed by atoms with E-state index in [4.69, 9.17) is 5.11 Å². The van der Waals surface area contributed by atoms with Gasteiger partial charge in [0.25, 0.3) is 0 Å². The highest BCUT2D eigenvalue weighted by atomic mass is 32.2. The lowest BCUT2D eigenvalue weighted by Gasteiger charge is -2.03. The Hall–Kier alpha value is -1.24. The van der Waals surface area contributed by atoms with Gasteiger partial charge in [-0.1, -0.05) is 0 Å². The van der Waals surface area contributed by atoms with Crippen molar-refractivity contribution in [2.75, 3.05) is 25.2 Å². The summed E-state index contributed by atoms with van der Waals surface area (Å²) in [5.41, 5.74) is 0. The van der Waals surface area contributed by atoms with Gasteiger partial charge in [0.05, 0.1) is 18.6 Å². The molecule has 0 aromatic carbocycles. The maximum Gasteiger partial charge on any atom is 0.313 e. The van der Waals surface area contributed by atoms with Gasteiger partial charge >= 0.3 is 11.9 Å². The predicted molar refractivity (Wildman–Crippen MR) is 59.2 cm³/mol. The summed E-state index contributed by atoms with van der Waals surface area (Å²) in [6.45, 7) is 0.390. The van der Waals surface area contributed by atoms with E-state index in [1.54, 1.807) is 0 Å². The summed E-state index contributed by atoms with van der Waals surface area (Å²) < 4.78 is 4.43. The normalized spacial score (nSPS) is 9.56. The first kappa shape index (κ1) is 14.8. The van der Waals surface area contributed by atoms with Crippen molar-refractivity contribution in [3.63, 3.8) is 0 Å². The van der Waals surface area contributed by atoms with Crippen LogP contribution in [0.3, 0.4) is 0 Å². The molecule has 7 heteroatoms. The van der Waals surface area contributed by atoms with Crippen molar-refractivity contribution in [2.24, 2.45) is 0 Å². The number of thioether (sulfide) groups is 1. The lowest BCUT2D eigenvalue weighted by Crippen LogP contribution is -2.27. The van der Waals surface area contributed by atoms with E-state index in [2.05, 4.69) is 10.1 Å². The van der Waals surface area contributed by atoms with Crippen LogP contribution >= 0.6 is 11.8 Å². The van der Waals surface area contributed by atoms with E-state index in [0.717, 1.165) is 11.8 Å². The number of ether oxygens (including phenoxy) is 1. The minimum atomic E-state index is -0.941. The SMILES string of the molecule is COC(=O)CCCNC(=O)CSCC(=O)O. The Morgan fingerprint density at radius 1 is 1.31 bits per heavy atom. The largest absolute Gasteiger partial charge is 0.481 e. The number of nitrogens with one attached hydrogen (secondary N) is 1. The Morgan fingerprint density at radius 3 is 2.56 bits per heavy atom. The molecule has 16 heavy (non-hydrogen) atoms. The summed E-state index contributed by atoms with van der Waals surface area (Å²) in [4.78, 5) is 31.9. The van der Waals surface area contributed by atoms with Crippen molar-refractivity contribution in [2.45, 2.75) is 12.8 Å². The van der Waals surface area contributed by atoms with Crippen LogP contribution in [0.1, 0.15) is 12.8 Å². The van der Waals surface area contributed by atoms with Gasteiger partial charge < -0.3 is 15.2 Å². The Labute approximate surface area is 97.7 Å². The van der Waals surface area contributed by atoms with Crippen molar-refractivity contribution in [3.8, 4) is 0 Å². The van der Waals surface area contributed by atoms with Gasteiger partial charge in [-0.3, -0.25) is 14.4 Å². The fourth-order valence-electron chi connectivity index (χ4n) is 0.845. The molecule has 0 saturated heterocycles. The molecule has 0 aliphatic carbocycles. The third-order valence-electron chi connectivity index (χ3n) is 1.57. The smallest absolute Gasteiger partial charge is 0.313 e. The molecule has 0 spiro atoms. The summed E-state index contributed by atoms with van der Waals surface area (Å²) in [5, 5.41) is 10.9. The molecule has 1 amide bonds. The molecule has 0 aromatic heterocycles. The molecular weight excluding hydrogens is 234 g/mol. The molecule has 92 valence electrons. The molecule has 0 radical (unpaired) electrons. The number of hydrogen-bond donors (Lipinski definition) is 2. The van der Waals surface area contributed by atoms with Crippen molar-refractivity contribution in [1.29, 1.82) is 0 Å². The highest BCUT2D eigenvalue weighted by molar-refractivity contribution is 8.00. The maximum atomic E-state index is 11.1. The minimum Gasteiger partial charge on any atom is -0.481 e. The van der Waals surface area contributed by atoms with E-state index in [0.29, 0.717) is 13.0 Å². The number of aliphatic carboxylic acids is 1. The fraction of sp³-hybridized carbons (Fsp3) is 0.667. The second-order valence-corrected chi connectivity index (χ2v) is 3.90. The third kappa shape index (κ3) is 9.32. The molecule has 0 rings (SSSR count). The number of amides is 1. The Bertz CT molecular complexity index is 256.